The number of urea groups is 1. The number of alkyl halides is 3. The largest absolute Gasteiger partial charge is 0.417 e. The van der Waals surface area contributed by atoms with E-state index in [1.54, 1.807) is 25.2 Å². The van der Waals surface area contributed by atoms with Crippen molar-refractivity contribution >= 4 is 51.0 Å². The minimum atomic E-state index is -5.66. The van der Waals surface area contributed by atoms with Gasteiger partial charge in [0, 0.05) is 12.6 Å². The SMILES string of the molecule is CC(=O)Nc1ccc(S(=O)(=O)NC2(C(F)(F)F)C(=O)N=C3C2C(=O)NC(=O)N3c2ccc(C)c(C)c2)cc1. The van der Waals surface area contributed by atoms with Gasteiger partial charge in [-0.1, -0.05) is 6.07 Å². The normalized spacial score (nSPS) is 21.6. The number of anilines is 2. The minimum absolute atomic E-state index is 0.0176. The molecule has 15 heteroatoms. The number of amides is 5. The summed E-state index contributed by atoms with van der Waals surface area (Å²) in [5.74, 6) is -7.46. The van der Waals surface area contributed by atoms with Gasteiger partial charge in [-0.25, -0.2) is 18.1 Å². The van der Waals surface area contributed by atoms with Crippen molar-refractivity contribution in [3.63, 3.8) is 0 Å². The number of imide groups is 1. The maximum Gasteiger partial charge on any atom is 0.417 e. The highest BCUT2D eigenvalue weighted by Gasteiger charge is 2.74. The molecule has 0 aromatic heterocycles. The topological polar surface area (TPSA) is 154 Å². The molecule has 3 N–H and O–H groups in total. The zero-order valence-corrected chi connectivity index (χ0v) is 20.8. The molecule has 5 amide bonds. The van der Waals surface area contributed by atoms with Crippen molar-refractivity contribution in [1.29, 1.82) is 0 Å². The number of nitrogens with zero attached hydrogens (tertiary/aromatic N) is 2. The van der Waals surface area contributed by atoms with Gasteiger partial charge in [0.1, 0.15) is 11.8 Å². The molecule has 0 saturated carbocycles. The van der Waals surface area contributed by atoms with E-state index in [4.69, 9.17) is 0 Å². The number of hydrogen-bond donors (Lipinski definition) is 3. The van der Waals surface area contributed by atoms with Crippen LogP contribution in [-0.2, 0) is 24.4 Å². The monoisotopic (exact) mass is 551 g/mol. The molecule has 2 atom stereocenters. The van der Waals surface area contributed by atoms with Crippen LogP contribution >= 0.6 is 0 Å². The minimum Gasteiger partial charge on any atom is -0.326 e. The third-order valence-corrected chi connectivity index (χ3v) is 7.63. The molecule has 11 nitrogen and oxygen atoms in total. The van der Waals surface area contributed by atoms with E-state index in [1.165, 1.54) is 23.8 Å². The van der Waals surface area contributed by atoms with Gasteiger partial charge in [-0.05, 0) is 61.4 Å². The predicted molar refractivity (Wildman–Crippen MR) is 128 cm³/mol. The van der Waals surface area contributed by atoms with Crippen LogP contribution in [0.5, 0.6) is 0 Å². The van der Waals surface area contributed by atoms with Crippen molar-refractivity contribution in [3.05, 3.63) is 53.6 Å². The van der Waals surface area contributed by atoms with E-state index in [-0.39, 0.29) is 11.4 Å². The molecule has 0 bridgehead atoms. The van der Waals surface area contributed by atoms with Crippen molar-refractivity contribution in [1.82, 2.24) is 10.0 Å². The van der Waals surface area contributed by atoms with E-state index < -0.39 is 62.1 Å². The quantitative estimate of drug-likeness (QED) is 0.518. The molecular weight excluding hydrogens is 531 g/mol. The van der Waals surface area contributed by atoms with E-state index in [0.717, 1.165) is 29.8 Å². The van der Waals surface area contributed by atoms with Crippen LogP contribution in [0, 0.1) is 19.8 Å². The second-order valence-electron chi connectivity index (χ2n) is 8.72. The van der Waals surface area contributed by atoms with E-state index in [1.807, 2.05) is 0 Å². The number of rotatable bonds is 5. The second kappa shape index (κ2) is 9.02. The number of amidine groups is 1. The highest BCUT2D eigenvalue weighted by atomic mass is 32.2. The van der Waals surface area contributed by atoms with Crippen molar-refractivity contribution in [2.24, 2.45) is 10.9 Å². The molecule has 2 unspecified atom stereocenters. The lowest BCUT2D eigenvalue weighted by Crippen LogP contribution is -2.72. The molecule has 0 spiro atoms. The lowest BCUT2D eigenvalue weighted by atomic mass is 9.82. The first-order valence-corrected chi connectivity index (χ1v) is 12.4. The Balaban J connectivity index is 1.81. The summed E-state index contributed by atoms with van der Waals surface area (Å²) in [5, 5.41) is 4.15. The fourth-order valence-corrected chi connectivity index (χ4v) is 5.51. The number of nitrogens with one attached hydrogen (secondary N) is 3. The van der Waals surface area contributed by atoms with Gasteiger partial charge >= 0.3 is 12.2 Å². The summed E-state index contributed by atoms with van der Waals surface area (Å²) in [6, 6.07) is 7.32. The average Bonchev–Trinajstić information content (AvgIpc) is 3.08. The van der Waals surface area contributed by atoms with Crippen LogP contribution in [0.3, 0.4) is 0 Å². The summed E-state index contributed by atoms with van der Waals surface area (Å²) in [7, 11) is -5.11. The fourth-order valence-electron chi connectivity index (χ4n) is 4.16. The number of fused-ring (bicyclic) bond motifs is 1. The van der Waals surface area contributed by atoms with E-state index in [9.17, 15) is 40.8 Å². The molecule has 1 fully saturated rings. The lowest BCUT2D eigenvalue weighted by Gasteiger charge is -2.39. The molecule has 0 aliphatic carbocycles. The molecule has 2 heterocycles. The highest BCUT2D eigenvalue weighted by molar-refractivity contribution is 7.89. The summed E-state index contributed by atoms with van der Waals surface area (Å²) in [5.41, 5.74) is -2.41. The first-order chi connectivity index (χ1) is 17.6. The van der Waals surface area contributed by atoms with Gasteiger partial charge in [0.25, 0.3) is 5.91 Å². The van der Waals surface area contributed by atoms with E-state index in [0.29, 0.717) is 10.5 Å². The highest BCUT2D eigenvalue weighted by Crippen LogP contribution is 2.45. The summed E-state index contributed by atoms with van der Waals surface area (Å²) < 4.78 is 71.5. The summed E-state index contributed by atoms with van der Waals surface area (Å²) in [4.78, 5) is 52.9. The molecule has 0 radical (unpaired) electrons. The Morgan fingerprint density at radius 1 is 1.05 bits per heavy atom. The van der Waals surface area contributed by atoms with Crippen molar-refractivity contribution in [2.75, 3.05) is 10.2 Å². The van der Waals surface area contributed by atoms with Gasteiger partial charge in [-0.15, -0.1) is 0 Å². The van der Waals surface area contributed by atoms with Crippen LogP contribution in [-0.4, -0.2) is 49.7 Å². The van der Waals surface area contributed by atoms with Gasteiger partial charge in [-0.2, -0.15) is 22.9 Å². The van der Waals surface area contributed by atoms with Gasteiger partial charge in [-0.3, -0.25) is 19.7 Å². The van der Waals surface area contributed by atoms with E-state index >= 15 is 0 Å². The van der Waals surface area contributed by atoms with Gasteiger partial charge in [0.05, 0.1) is 10.6 Å². The first-order valence-electron chi connectivity index (χ1n) is 10.9. The van der Waals surface area contributed by atoms with Crippen LogP contribution in [0.1, 0.15) is 18.1 Å². The molecule has 4 rings (SSSR count). The van der Waals surface area contributed by atoms with Crippen molar-refractivity contribution in [3.8, 4) is 0 Å². The fraction of sp³-hybridized carbons (Fsp3) is 0.261. The number of sulfonamides is 1. The number of carbonyl (C=O) groups excluding carboxylic acids is 4. The Morgan fingerprint density at radius 2 is 1.68 bits per heavy atom. The molecule has 2 aromatic rings. The summed E-state index contributed by atoms with van der Waals surface area (Å²) >= 11 is 0. The number of aryl methyl sites for hydroxylation is 2. The van der Waals surface area contributed by atoms with Crippen LogP contribution < -0.4 is 20.3 Å². The Morgan fingerprint density at radius 3 is 2.24 bits per heavy atom. The Labute approximate surface area is 214 Å². The Kier molecular flexibility index (Phi) is 6.40. The second-order valence-corrected chi connectivity index (χ2v) is 10.4. The molecule has 1 saturated heterocycles. The summed E-state index contributed by atoms with van der Waals surface area (Å²) in [6.45, 7) is 4.63. The number of benzene rings is 2. The van der Waals surface area contributed by atoms with Gasteiger partial charge < -0.3 is 5.32 Å². The average molecular weight is 552 g/mol. The van der Waals surface area contributed by atoms with Crippen LogP contribution in [0.2, 0.25) is 0 Å². The first kappa shape index (κ1) is 26.9. The maximum atomic E-state index is 14.7. The Hall–Kier alpha value is -4.11. The maximum absolute atomic E-state index is 14.7. The molecular formula is C23H20F3N5O6S. The zero-order valence-electron chi connectivity index (χ0n) is 20.0. The number of carbonyl (C=O) groups is 4. The summed E-state index contributed by atoms with van der Waals surface area (Å²) in [6.07, 6.45) is -5.66. The molecule has 2 aliphatic heterocycles. The van der Waals surface area contributed by atoms with E-state index in [2.05, 4.69) is 10.3 Å². The number of halogens is 3. The Bertz CT molecular complexity index is 1520. The molecule has 200 valence electrons. The molecule has 38 heavy (non-hydrogen) atoms. The number of hydrogen-bond acceptors (Lipinski definition) is 6. The molecule has 2 aliphatic rings. The predicted octanol–water partition coefficient (Wildman–Crippen LogP) is 2.15. The van der Waals surface area contributed by atoms with Crippen LogP contribution in [0.25, 0.3) is 0 Å². The van der Waals surface area contributed by atoms with Crippen LogP contribution in [0.4, 0.5) is 29.3 Å². The third kappa shape index (κ3) is 4.32. The molecule has 2 aromatic carbocycles. The van der Waals surface area contributed by atoms with Crippen molar-refractivity contribution < 1.29 is 40.8 Å². The van der Waals surface area contributed by atoms with Crippen LogP contribution in [0.15, 0.2) is 52.4 Å². The zero-order chi connectivity index (χ0) is 28.2. The number of aliphatic imine (C=N–C) groups is 1. The van der Waals surface area contributed by atoms with Gasteiger partial charge in [0.15, 0.2) is 0 Å². The van der Waals surface area contributed by atoms with Crippen molar-refractivity contribution in [2.45, 2.75) is 37.4 Å². The van der Waals surface area contributed by atoms with Gasteiger partial charge in [0.2, 0.25) is 27.4 Å². The smallest absolute Gasteiger partial charge is 0.326 e. The standard InChI is InChI=1S/C23H20F3N5O6S/c1-11-4-7-15(10-12(11)2)31-18-17(19(33)29-21(31)35)22(20(34)28-18,23(24,25)26)30-38(36,37)16-8-5-14(6-9-16)27-13(3)32/h4-10,17,30H,1-3H3,(H,27,32)(H,29,33,35). The third-order valence-electron chi connectivity index (χ3n) is 6.15. The lowest BCUT2D eigenvalue weighted by molar-refractivity contribution is -0.199.